The van der Waals surface area contributed by atoms with E-state index in [0.29, 0.717) is 12.3 Å². The molecule has 0 aliphatic carbocycles. The van der Waals surface area contributed by atoms with Gasteiger partial charge < -0.3 is 14.3 Å². The third-order valence-electron chi connectivity index (χ3n) is 5.08. The van der Waals surface area contributed by atoms with Gasteiger partial charge in [0.25, 0.3) is 0 Å². The Balaban J connectivity index is 1.69. The number of hydrogen-bond donors (Lipinski definition) is 1. The van der Waals surface area contributed by atoms with Crippen LogP contribution in [0.4, 0.5) is 0 Å². The van der Waals surface area contributed by atoms with Gasteiger partial charge in [0, 0.05) is 18.0 Å². The van der Waals surface area contributed by atoms with Crippen LogP contribution >= 0.6 is 0 Å². The molecule has 0 radical (unpaired) electrons. The lowest BCUT2D eigenvalue weighted by Crippen LogP contribution is -2.38. The molecule has 2 heterocycles. The zero-order valence-corrected chi connectivity index (χ0v) is 15.7. The Morgan fingerprint density at radius 1 is 1.27 bits per heavy atom. The molecule has 1 aliphatic rings. The number of carbonyl (C=O) groups is 1. The first-order valence-electron chi connectivity index (χ1n) is 9.12. The fraction of sp³-hybridized carbons (Fsp3) is 0.476. The predicted octanol–water partition coefficient (Wildman–Crippen LogP) is 3.49. The maximum atomic E-state index is 13.0. The Hall–Kier alpha value is -2.11. The summed E-state index contributed by atoms with van der Waals surface area (Å²) in [6, 6.07) is 7.57. The van der Waals surface area contributed by atoms with Gasteiger partial charge in [-0.1, -0.05) is 0 Å². The van der Waals surface area contributed by atoms with E-state index in [-0.39, 0.29) is 18.3 Å². The number of carbonyl (C=O) groups excluding carboxylic acids is 1. The van der Waals surface area contributed by atoms with Crippen molar-refractivity contribution in [2.75, 3.05) is 20.2 Å². The normalized spacial score (nSPS) is 18.1. The Morgan fingerprint density at radius 2 is 1.96 bits per heavy atom. The lowest BCUT2D eigenvalue weighted by Gasteiger charge is -2.31. The largest absolute Gasteiger partial charge is 0.496 e. The molecule has 1 aromatic carbocycles. The first-order valence-corrected chi connectivity index (χ1v) is 9.12. The number of furan rings is 1. The van der Waals surface area contributed by atoms with E-state index in [1.807, 2.05) is 32.0 Å². The van der Waals surface area contributed by atoms with E-state index >= 15 is 0 Å². The third-order valence-corrected chi connectivity index (χ3v) is 5.08. The fourth-order valence-corrected chi connectivity index (χ4v) is 3.88. The number of ketones is 1. The van der Waals surface area contributed by atoms with Crippen LogP contribution in [0.25, 0.3) is 0 Å². The zero-order chi connectivity index (χ0) is 18.7. The molecule has 1 atom stereocenters. The van der Waals surface area contributed by atoms with Crippen LogP contribution in [0.3, 0.4) is 0 Å². The van der Waals surface area contributed by atoms with E-state index in [4.69, 9.17) is 14.3 Å². The number of piperidine rings is 1. The summed E-state index contributed by atoms with van der Waals surface area (Å²) in [6.07, 6.45) is 1.91. The molecule has 3 rings (SSSR count). The van der Waals surface area contributed by atoms with Crippen molar-refractivity contribution in [2.24, 2.45) is 5.92 Å². The summed E-state index contributed by atoms with van der Waals surface area (Å²) in [5, 5.41) is 9.12. The Labute approximate surface area is 154 Å². The van der Waals surface area contributed by atoms with E-state index < -0.39 is 0 Å². The predicted molar refractivity (Wildman–Crippen MR) is 99.4 cm³/mol. The van der Waals surface area contributed by atoms with E-state index in [2.05, 4.69) is 4.90 Å². The molecule has 0 saturated carbocycles. The highest BCUT2D eigenvalue weighted by atomic mass is 16.5. The summed E-state index contributed by atoms with van der Waals surface area (Å²) in [5.41, 5.74) is 2.76. The minimum absolute atomic E-state index is 0.00298. The number of methoxy groups -OCH3 is 1. The lowest BCUT2D eigenvalue weighted by atomic mass is 9.88. The molecule has 0 bridgehead atoms. The number of likely N-dealkylation sites (tertiary alicyclic amines) is 1. The molecular formula is C21H27NO4. The number of nitrogens with zero attached hydrogens (tertiary/aromatic N) is 1. The second-order valence-electron chi connectivity index (χ2n) is 7.11. The van der Waals surface area contributed by atoms with Crippen LogP contribution in [0.5, 0.6) is 5.75 Å². The van der Waals surface area contributed by atoms with Crippen molar-refractivity contribution in [3.8, 4) is 5.75 Å². The molecule has 140 valence electrons. The van der Waals surface area contributed by atoms with Crippen LogP contribution in [0.1, 0.15) is 45.8 Å². The Kier molecular flexibility index (Phi) is 5.79. The molecule has 0 spiro atoms. The number of hydrogen-bond acceptors (Lipinski definition) is 5. The molecule has 5 nitrogen and oxygen atoms in total. The van der Waals surface area contributed by atoms with Gasteiger partial charge in [-0.05, 0) is 68.6 Å². The molecule has 1 saturated heterocycles. The zero-order valence-electron chi connectivity index (χ0n) is 15.7. The van der Waals surface area contributed by atoms with Crippen LogP contribution in [-0.2, 0) is 13.2 Å². The number of aliphatic hydroxyl groups is 1. The SMILES string of the molecule is COc1c(C)cc(C(=O)[C@@H]2CCCN(Cc3ccc(CO)o3)C2)cc1C. The average molecular weight is 357 g/mol. The first-order chi connectivity index (χ1) is 12.5. The van der Waals surface area contributed by atoms with Crippen molar-refractivity contribution in [3.05, 3.63) is 52.5 Å². The van der Waals surface area contributed by atoms with Crippen LogP contribution in [0.2, 0.25) is 0 Å². The maximum absolute atomic E-state index is 13.0. The minimum Gasteiger partial charge on any atom is -0.496 e. The Morgan fingerprint density at radius 3 is 2.58 bits per heavy atom. The van der Waals surface area contributed by atoms with Gasteiger partial charge in [-0.25, -0.2) is 0 Å². The van der Waals surface area contributed by atoms with Gasteiger partial charge >= 0.3 is 0 Å². The van der Waals surface area contributed by atoms with Gasteiger partial charge in [0.2, 0.25) is 0 Å². The number of Topliss-reactive ketones (excluding diaryl/α,β-unsaturated/α-hetero) is 1. The van der Waals surface area contributed by atoms with Crippen LogP contribution in [0, 0.1) is 19.8 Å². The van der Waals surface area contributed by atoms with Gasteiger partial charge in [0.1, 0.15) is 23.9 Å². The average Bonchev–Trinajstić information content (AvgIpc) is 3.08. The van der Waals surface area contributed by atoms with Crippen molar-refractivity contribution < 1.29 is 19.1 Å². The molecule has 26 heavy (non-hydrogen) atoms. The minimum atomic E-state index is -0.0860. The number of benzene rings is 1. The molecular weight excluding hydrogens is 330 g/mol. The summed E-state index contributed by atoms with van der Waals surface area (Å²) in [6.45, 7) is 6.23. The van der Waals surface area contributed by atoms with Gasteiger partial charge in [-0.3, -0.25) is 9.69 Å². The summed E-state index contributed by atoms with van der Waals surface area (Å²) in [7, 11) is 1.66. The van der Waals surface area contributed by atoms with Gasteiger partial charge in [0.15, 0.2) is 5.78 Å². The summed E-state index contributed by atoms with van der Waals surface area (Å²) in [4.78, 5) is 15.3. The van der Waals surface area contributed by atoms with E-state index in [0.717, 1.165) is 54.1 Å². The van der Waals surface area contributed by atoms with E-state index in [1.165, 1.54) is 0 Å². The van der Waals surface area contributed by atoms with E-state index in [9.17, 15) is 4.79 Å². The number of aryl methyl sites for hydroxylation is 2. The van der Waals surface area contributed by atoms with Gasteiger partial charge in [-0.15, -0.1) is 0 Å². The highest BCUT2D eigenvalue weighted by Crippen LogP contribution is 2.28. The van der Waals surface area contributed by atoms with Crippen LogP contribution < -0.4 is 4.74 Å². The molecule has 1 aliphatic heterocycles. The summed E-state index contributed by atoms with van der Waals surface area (Å²) < 4.78 is 11.0. The second-order valence-corrected chi connectivity index (χ2v) is 7.11. The fourth-order valence-electron chi connectivity index (χ4n) is 3.88. The number of rotatable bonds is 6. The third kappa shape index (κ3) is 4.00. The molecule has 0 amide bonds. The lowest BCUT2D eigenvalue weighted by molar-refractivity contribution is 0.0801. The first kappa shape index (κ1) is 18.7. The summed E-state index contributed by atoms with van der Waals surface area (Å²) >= 11 is 0. The van der Waals surface area contributed by atoms with Gasteiger partial charge in [0.05, 0.1) is 13.7 Å². The quantitative estimate of drug-likeness (QED) is 0.802. The maximum Gasteiger partial charge on any atom is 0.167 e. The molecule has 1 fully saturated rings. The van der Waals surface area contributed by atoms with Crippen molar-refractivity contribution >= 4 is 5.78 Å². The van der Waals surface area contributed by atoms with Crippen molar-refractivity contribution in [3.63, 3.8) is 0 Å². The molecule has 2 aromatic rings. The standard InChI is InChI=1S/C21H27NO4/c1-14-9-17(10-15(2)21(14)25-3)20(24)16-5-4-8-22(11-16)12-18-6-7-19(13-23)26-18/h6-7,9-10,16,23H,4-5,8,11-13H2,1-3H3/t16-/m1/s1. The number of ether oxygens (including phenoxy) is 1. The van der Waals surface area contributed by atoms with Crippen LogP contribution in [-0.4, -0.2) is 36.0 Å². The molecule has 0 unspecified atom stereocenters. The van der Waals surface area contributed by atoms with Crippen LogP contribution in [0.15, 0.2) is 28.7 Å². The molecule has 1 N–H and O–H groups in total. The second kappa shape index (κ2) is 8.06. The van der Waals surface area contributed by atoms with Crippen molar-refractivity contribution in [2.45, 2.75) is 39.8 Å². The highest BCUT2D eigenvalue weighted by molar-refractivity contribution is 5.98. The van der Waals surface area contributed by atoms with Crippen molar-refractivity contribution in [1.82, 2.24) is 4.90 Å². The van der Waals surface area contributed by atoms with Crippen molar-refractivity contribution in [1.29, 1.82) is 0 Å². The monoisotopic (exact) mass is 357 g/mol. The Bertz CT molecular complexity index is 757. The summed E-state index contributed by atoms with van der Waals surface area (Å²) in [5.74, 6) is 2.47. The topological polar surface area (TPSA) is 62.9 Å². The smallest absolute Gasteiger partial charge is 0.167 e. The van der Waals surface area contributed by atoms with Gasteiger partial charge in [-0.2, -0.15) is 0 Å². The molecule has 5 heteroatoms. The highest BCUT2D eigenvalue weighted by Gasteiger charge is 2.27. The molecule has 1 aromatic heterocycles. The number of aliphatic hydroxyl groups excluding tert-OH is 1. The van der Waals surface area contributed by atoms with E-state index in [1.54, 1.807) is 13.2 Å².